The molecule has 0 saturated carbocycles. The lowest BCUT2D eigenvalue weighted by atomic mass is 10.1. The first-order chi connectivity index (χ1) is 11.6. The third-order valence-electron chi connectivity index (χ3n) is 3.95. The van der Waals surface area contributed by atoms with Crippen molar-refractivity contribution in [3.8, 4) is 5.75 Å². The van der Waals surface area contributed by atoms with Gasteiger partial charge in [-0.1, -0.05) is 23.4 Å². The van der Waals surface area contributed by atoms with Gasteiger partial charge in [-0.25, -0.2) is 0 Å². The van der Waals surface area contributed by atoms with Crippen LogP contribution in [0.2, 0.25) is 0 Å². The molecule has 2 aromatic carbocycles. The minimum Gasteiger partial charge on any atom is -0.497 e. The van der Waals surface area contributed by atoms with E-state index in [1.165, 1.54) is 0 Å². The largest absolute Gasteiger partial charge is 0.497 e. The number of rotatable bonds is 5. The second-order valence-electron chi connectivity index (χ2n) is 5.89. The zero-order chi connectivity index (χ0) is 17.1. The molecular weight excluding hydrogens is 304 g/mol. The molecule has 1 heterocycles. The average Bonchev–Trinajstić information content (AvgIpc) is 2.96. The second-order valence-corrected chi connectivity index (χ2v) is 5.89. The zero-order valence-corrected chi connectivity index (χ0v) is 14.1. The highest BCUT2D eigenvalue weighted by molar-refractivity contribution is 5.88. The molecule has 1 amide bonds. The van der Waals surface area contributed by atoms with Crippen LogP contribution in [-0.4, -0.2) is 18.2 Å². The number of nitrogens with zero attached hydrogens (tertiary/aromatic N) is 1. The number of methoxy groups -OCH3 is 1. The fourth-order valence-corrected chi connectivity index (χ4v) is 2.73. The number of benzene rings is 2. The van der Waals surface area contributed by atoms with Gasteiger partial charge in [-0.3, -0.25) is 4.79 Å². The predicted molar refractivity (Wildman–Crippen MR) is 92.0 cm³/mol. The lowest BCUT2D eigenvalue weighted by Gasteiger charge is -2.05. The van der Waals surface area contributed by atoms with Crippen molar-refractivity contribution in [1.82, 2.24) is 10.5 Å². The number of aryl methyl sites for hydroxylation is 2. The molecule has 0 saturated heterocycles. The first-order valence-electron chi connectivity index (χ1n) is 7.82. The topological polar surface area (TPSA) is 64.4 Å². The normalized spacial score (nSPS) is 10.8. The van der Waals surface area contributed by atoms with Crippen LogP contribution in [0.25, 0.3) is 11.0 Å². The first kappa shape index (κ1) is 16.1. The Morgan fingerprint density at radius 3 is 2.67 bits per heavy atom. The Labute approximate surface area is 140 Å². The summed E-state index contributed by atoms with van der Waals surface area (Å²) in [7, 11) is 1.63. The van der Waals surface area contributed by atoms with Crippen molar-refractivity contribution < 1.29 is 14.1 Å². The summed E-state index contributed by atoms with van der Waals surface area (Å²) in [5.74, 6) is 0.713. The van der Waals surface area contributed by atoms with Gasteiger partial charge >= 0.3 is 0 Å². The Hall–Kier alpha value is -2.82. The van der Waals surface area contributed by atoms with E-state index in [2.05, 4.69) is 10.5 Å². The van der Waals surface area contributed by atoms with E-state index in [9.17, 15) is 4.79 Å². The summed E-state index contributed by atoms with van der Waals surface area (Å²) in [6, 6.07) is 11.6. The number of nitrogens with one attached hydrogen (secondary N) is 1. The summed E-state index contributed by atoms with van der Waals surface area (Å²) in [6.45, 7) is 4.47. The maximum absolute atomic E-state index is 12.2. The highest BCUT2D eigenvalue weighted by atomic mass is 16.5. The molecule has 124 valence electrons. The molecule has 0 aliphatic carbocycles. The standard InChI is InChI=1S/C19H20N2O3/c1-12-8-13(2)19-16(9-12)17(21-24-19)10-18(22)20-11-14-4-6-15(23-3)7-5-14/h4-9H,10-11H2,1-3H3,(H,20,22). The maximum atomic E-state index is 12.2. The molecule has 3 aromatic rings. The van der Waals surface area contributed by atoms with Crippen molar-refractivity contribution in [3.05, 3.63) is 58.8 Å². The lowest BCUT2D eigenvalue weighted by molar-refractivity contribution is -0.120. The predicted octanol–water partition coefficient (Wildman–Crippen LogP) is 3.31. The molecule has 0 aliphatic heterocycles. The van der Waals surface area contributed by atoms with Gasteiger partial charge in [-0.05, 0) is 48.7 Å². The molecule has 0 bridgehead atoms. The molecule has 0 fully saturated rings. The number of aromatic nitrogens is 1. The Kier molecular flexibility index (Phi) is 4.51. The quantitative estimate of drug-likeness (QED) is 0.782. The van der Waals surface area contributed by atoms with E-state index in [4.69, 9.17) is 9.26 Å². The van der Waals surface area contributed by atoms with Gasteiger partial charge in [-0.15, -0.1) is 0 Å². The Morgan fingerprint density at radius 1 is 1.21 bits per heavy atom. The molecule has 5 heteroatoms. The van der Waals surface area contributed by atoms with Crippen LogP contribution < -0.4 is 10.1 Å². The summed E-state index contributed by atoms with van der Waals surface area (Å²) < 4.78 is 10.5. The van der Waals surface area contributed by atoms with Gasteiger partial charge in [0.05, 0.1) is 13.5 Å². The van der Waals surface area contributed by atoms with E-state index in [1.54, 1.807) is 7.11 Å². The molecule has 0 aliphatic rings. The monoisotopic (exact) mass is 324 g/mol. The lowest BCUT2D eigenvalue weighted by Crippen LogP contribution is -2.24. The molecule has 0 spiro atoms. The fourth-order valence-electron chi connectivity index (χ4n) is 2.73. The SMILES string of the molecule is COc1ccc(CNC(=O)Cc2noc3c(C)cc(C)cc23)cc1. The first-order valence-corrected chi connectivity index (χ1v) is 7.82. The van der Waals surface area contributed by atoms with E-state index < -0.39 is 0 Å². The van der Waals surface area contributed by atoms with Crippen LogP contribution in [0.4, 0.5) is 0 Å². The summed E-state index contributed by atoms with van der Waals surface area (Å²) >= 11 is 0. The van der Waals surface area contributed by atoms with E-state index in [0.717, 1.165) is 33.4 Å². The van der Waals surface area contributed by atoms with E-state index >= 15 is 0 Å². The molecule has 3 rings (SSSR count). The van der Waals surface area contributed by atoms with Gasteiger partial charge in [0.15, 0.2) is 5.58 Å². The molecule has 5 nitrogen and oxygen atoms in total. The van der Waals surface area contributed by atoms with E-state index in [1.807, 2.05) is 50.2 Å². The fraction of sp³-hybridized carbons (Fsp3) is 0.263. The number of carbonyl (C=O) groups is 1. The third kappa shape index (κ3) is 3.40. The van der Waals surface area contributed by atoms with Crippen LogP contribution in [0.15, 0.2) is 40.9 Å². The summed E-state index contributed by atoms with van der Waals surface area (Å²) in [5, 5.41) is 7.88. The zero-order valence-electron chi connectivity index (χ0n) is 14.1. The number of ether oxygens (including phenoxy) is 1. The summed E-state index contributed by atoms with van der Waals surface area (Å²) in [4.78, 5) is 12.2. The molecule has 0 unspecified atom stereocenters. The van der Waals surface area contributed by atoms with Crippen LogP contribution in [0.3, 0.4) is 0 Å². The Balaban J connectivity index is 1.66. The van der Waals surface area contributed by atoms with Crippen LogP contribution in [-0.2, 0) is 17.8 Å². The second kappa shape index (κ2) is 6.74. The molecule has 0 atom stereocenters. The van der Waals surface area contributed by atoms with Crippen molar-refractivity contribution in [3.63, 3.8) is 0 Å². The van der Waals surface area contributed by atoms with Gasteiger partial charge < -0.3 is 14.6 Å². The van der Waals surface area contributed by atoms with Crippen molar-refractivity contribution in [1.29, 1.82) is 0 Å². The number of amides is 1. The van der Waals surface area contributed by atoms with Gasteiger partial charge in [0.25, 0.3) is 0 Å². The van der Waals surface area contributed by atoms with Gasteiger partial charge in [-0.2, -0.15) is 0 Å². The van der Waals surface area contributed by atoms with Crippen molar-refractivity contribution in [2.24, 2.45) is 0 Å². The smallest absolute Gasteiger partial charge is 0.226 e. The van der Waals surface area contributed by atoms with Crippen molar-refractivity contribution >= 4 is 16.9 Å². The highest BCUT2D eigenvalue weighted by Crippen LogP contribution is 2.24. The van der Waals surface area contributed by atoms with Gasteiger partial charge in [0.2, 0.25) is 5.91 Å². The van der Waals surface area contributed by atoms with Crippen molar-refractivity contribution in [2.45, 2.75) is 26.8 Å². The van der Waals surface area contributed by atoms with E-state index in [0.29, 0.717) is 12.2 Å². The molecule has 1 aromatic heterocycles. The molecular formula is C19H20N2O3. The summed E-state index contributed by atoms with van der Waals surface area (Å²) in [6.07, 6.45) is 0.200. The molecule has 24 heavy (non-hydrogen) atoms. The molecule has 0 radical (unpaired) electrons. The minimum absolute atomic E-state index is 0.0832. The van der Waals surface area contributed by atoms with E-state index in [-0.39, 0.29) is 12.3 Å². The van der Waals surface area contributed by atoms with Crippen LogP contribution in [0.1, 0.15) is 22.4 Å². The number of carbonyl (C=O) groups excluding carboxylic acids is 1. The van der Waals surface area contributed by atoms with Crippen molar-refractivity contribution in [2.75, 3.05) is 7.11 Å². The van der Waals surface area contributed by atoms with Crippen LogP contribution in [0, 0.1) is 13.8 Å². The number of fused-ring (bicyclic) bond motifs is 1. The molecule has 1 N–H and O–H groups in total. The van der Waals surface area contributed by atoms with Crippen LogP contribution >= 0.6 is 0 Å². The minimum atomic E-state index is -0.0832. The van der Waals surface area contributed by atoms with Gasteiger partial charge in [0.1, 0.15) is 11.4 Å². The average molecular weight is 324 g/mol. The Morgan fingerprint density at radius 2 is 1.96 bits per heavy atom. The maximum Gasteiger partial charge on any atom is 0.226 e. The highest BCUT2D eigenvalue weighted by Gasteiger charge is 2.14. The number of hydrogen-bond donors (Lipinski definition) is 1. The van der Waals surface area contributed by atoms with Crippen LogP contribution in [0.5, 0.6) is 5.75 Å². The number of hydrogen-bond acceptors (Lipinski definition) is 4. The van der Waals surface area contributed by atoms with Gasteiger partial charge in [0, 0.05) is 11.9 Å². The Bertz CT molecular complexity index is 866. The summed E-state index contributed by atoms with van der Waals surface area (Å²) in [5.41, 5.74) is 4.59. The third-order valence-corrected chi connectivity index (χ3v) is 3.95.